The van der Waals surface area contributed by atoms with E-state index in [1.807, 2.05) is 0 Å². The summed E-state index contributed by atoms with van der Waals surface area (Å²) in [6.45, 7) is 0. The molecule has 0 amide bonds. The number of dihydropyridines is 1. The molecule has 3 heteroatoms. The fourth-order valence-corrected chi connectivity index (χ4v) is 0.457. The van der Waals surface area contributed by atoms with Gasteiger partial charge in [-0.15, -0.1) is 12.4 Å². The van der Waals surface area contributed by atoms with E-state index in [4.69, 9.17) is 0 Å². The number of carbonyl (C=O) groups excluding carboxylic acids is 1. The van der Waals surface area contributed by atoms with E-state index >= 15 is 0 Å². The molecular formula is C6H6ClNO. The van der Waals surface area contributed by atoms with Crippen LogP contribution in [0.2, 0.25) is 0 Å². The molecule has 0 atom stereocenters. The molecule has 0 saturated carbocycles. The smallest absolute Gasteiger partial charge is 0.150 e. The fourth-order valence-electron chi connectivity index (χ4n) is 0.457. The molecule has 9 heavy (non-hydrogen) atoms. The average Bonchev–Trinajstić information content (AvgIpc) is 1.90. The van der Waals surface area contributed by atoms with Gasteiger partial charge in [-0.3, -0.25) is 0 Å². The Morgan fingerprint density at radius 2 is 2.22 bits per heavy atom. The Labute approximate surface area is 59.4 Å². The Hall–Kier alpha value is -0.980. The molecule has 0 saturated heterocycles. The zero-order chi connectivity index (χ0) is 5.82. The predicted octanol–water partition coefficient (Wildman–Crippen LogP) is 0.797. The summed E-state index contributed by atoms with van der Waals surface area (Å²) < 4.78 is 0. The topological polar surface area (TPSA) is 29.1 Å². The molecule has 0 aromatic rings. The molecule has 1 N–H and O–H groups in total. The predicted molar refractivity (Wildman–Crippen MR) is 37.9 cm³/mol. The molecule has 0 radical (unpaired) electrons. The van der Waals surface area contributed by atoms with Gasteiger partial charge in [0.05, 0.1) is 0 Å². The lowest BCUT2D eigenvalue weighted by Gasteiger charge is -1.97. The minimum absolute atomic E-state index is 0. The Morgan fingerprint density at radius 3 is 2.56 bits per heavy atom. The first-order chi connectivity index (χ1) is 3.93. The second kappa shape index (κ2) is 3.96. The van der Waals surface area contributed by atoms with Crippen molar-refractivity contribution in [2.24, 2.45) is 0 Å². The summed E-state index contributed by atoms with van der Waals surface area (Å²) in [6, 6.07) is 0. The van der Waals surface area contributed by atoms with Crippen LogP contribution in [0.15, 0.2) is 30.1 Å². The molecule has 0 spiro atoms. The first kappa shape index (κ1) is 8.02. The van der Waals surface area contributed by atoms with Crippen LogP contribution in [-0.2, 0) is 4.79 Å². The zero-order valence-electron chi connectivity index (χ0n) is 4.63. The normalized spacial score (nSPS) is 13.6. The highest BCUT2D eigenvalue weighted by atomic mass is 35.5. The van der Waals surface area contributed by atoms with Crippen molar-refractivity contribution in [2.45, 2.75) is 0 Å². The van der Waals surface area contributed by atoms with Crippen LogP contribution in [0, 0.1) is 0 Å². The van der Waals surface area contributed by atoms with Crippen LogP contribution < -0.4 is 5.32 Å². The first-order valence-corrected chi connectivity index (χ1v) is 2.28. The first-order valence-electron chi connectivity index (χ1n) is 2.28. The van der Waals surface area contributed by atoms with Gasteiger partial charge in [0, 0.05) is 6.20 Å². The minimum atomic E-state index is 0. The molecule has 1 rings (SSSR count). The molecule has 0 aromatic carbocycles. The van der Waals surface area contributed by atoms with Crippen LogP contribution in [0.5, 0.6) is 0 Å². The van der Waals surface area contributed by atoms with Crippen molar-refractivity contribution < 1.29 is 4.79 Å². The van der Waals surface area contributed by atoms with Gasteiger partial charge >= 0.3 is 0 Å². The van der Waals surface area contributed by atoms with Gasteiger partial charge in [-0.1, -0.05) is 6.08 Å². The number of hydrogen-bond donors (Lipinski definition) is 1. The van der Waals surface area contributed by atoms with Gasteiger partial charge in [-0.25, -0.2) is 4.79 Å². The molecule has 1 heterocycles. The Bertz CT molecular complexity index is 189. The van der Waals surface area contributed by atoms with Gasteiger partial charge < -0.3 is 5.32 Å². The van der Waals surface area contributed by atoms with Crippen LogP contribution in [0.3, 0.4) is 0 Å². The third-order valence-electron chi connectivity index (χ3n) is 0.819. The van der Waals surface area contributed by atoms with E-state index in [1.54, 1.807) is 30.4 Å². The molecule has 0 aliphatic carbocycles. The molecule has 0 bridgehead atoms. The van der Waals surface area contributed by atoms with Gasteiger partial charge in [0.2, 0.25) is 0 Å². The van der Waals surface area contributed by atoms with Gasteiger partial charge in [-0.2, -0.15) is 0 Å². The van der Waals surface area contributed by atoms with Crippen molar-refractivity contribution in [2.75, 3.05) is 0 Å². The summed E-state index contributed by atoms with van der Waals surface area (Å²) in [6.07, 6.45) is 6.92. The highest BCUT2D eigenvalue weighted by Crippen LogP contribution is 1.91. The molecule has 2 nitrogen and oxygen atoms in total. The lowest BCUT2D eigenvalue weighted by Crippen LogP contribution is -2.04. The van der Waals surface area contributed by atoms with Crippen LogP contribution >= 0.6 is 12.4 Å². The Balaban J connectivity index is 0.000000640. The van der Waals surface area contributed by atoms with Crippen LogP contribution in [0.4, 0.5) is 0 Å². The van der Waals surface area contributed by atoms with Crippen molar-refractivity contribution >= 4 is 18.3 Å². The molecule has 1 aliphatic rings. The van der Waals surface area contributed by atoms with Crippen LogP contribution in [-0.4, -0.2) is 5.94 Å². The third-order valence-corrected chi connectivity index (χ3v) is 0.819. The maximum absolute atomic E-state index is 9.85. The van der Waals surface area contributed by atoms with Crippen molar-refractivity contribution in [3.8, 4) is 0 Å². The largest absolute Gasteiger partial charge is 0.353 e. The number of rotatable bonds is 0. The minimum Gasteiger partial charge on any atom is -0.353 e. The van der Waals surface area contributed by atoms with E-state index in [-0.39, 0.29) is 12.4 Å². The SMILES string of the molecule is Cl.O=C=C1C=CC=CN1. The fraction of sp³-hybridized carbons (Fsp3) is 0. The second-order valence-electron chi connectivity index (χ2n) is 1.38. The highest BCUT2D eigenvalue weighted by Gasteiger charge is 1.87. The van der Waals surface area contributed by atoms with Gasteiger partial charge in [0.25, 0.3) is 0 Å². The monoisotopic (exact) mass is 143 g/mol. The van der Waals surface area contributed by atoms with E-state index in [0.29, 0.717) is 5.70 Å². The maximum atomic E-state index is 9.85. The highest BCUT2D eigenvalue weighted by molar-refractivity contribution is 5.85. The Morgan fingerprint density at radius 1 is 1.44 bits per heavy atom. The van der Waals surface area contributed by atoms with Crippen LogP contribution in [0.1, 0.15) is 0 Å². The molecule has 48 valence electrons. The molecule has 0 aromatic heterocycles. The third kappa shape index (κ3) is 2.17. The average molecular weight is 144 g/mol. The summed E-state index contributed by atoms with van der Waals surface area (Å²) in [5.74, 6) is 1.72. The summed E-state index contributed by atoms with van der Waals surface area (Å²) in [5.41, 5.74) is 0.479. The number of nitrogens with one attached hydrogen (secondary N) is 1. The van der Waals surface area contributed by atoms with E-state index in [0.717, 1.165) is 0 Å². The quantitative estimate of drug-likeness (QED) is 0.509. The van der Waals surface area contributed by atoms with Crippen molar-refractivity contribution in [1.82, 2.24) is 5.32 Å². The summed E-state index contributed by atoms with van der Waals surface area (Å²) in [7, 11) is 0. The summed E-state index contributed by atoms with van der Waals surface area (Å²) >= 11 is 0. The van der Waals surface area contributed by atoms with Crippen molar-refractivity contribution in [3.05, 3.63) is 30.1 Å². The van der Waals surface area contributed by atoms with Gasteiger partial charge in [0.1, 0.15) is 5.70 Å². The number of allylic oxidation sites excluding steroid dienone is 3. The molecule has 0 unspecified atom stereocenters. The Kier molecular flexibility index (Phi) is 3.52. The lowest BCUT2D eigenvalue weighted by atomic mass is 10.3. The molecular weight excluding hydrogens is 138 g/mol. The summed E-state index contributed by atoms with van der Waals surface area (Å²) in [4.78, 5) is 9.85. The van der Waals surface area contributed by atoms with Gasteiger partial charge in [0.15, 0.2) is 5.94 Å². The zero-order valence-corrected chi connectivity index (χ0v) is 5.44. The second-order valence-corrected chi connectivity index (χ2v) is 1.38. The summed E-state index contributed by atoms with van der Waals surface area (Å²) in [5, 5.41) is 2.69. The molecule has 1 aliphatic heterocycles. The van der Waals surface area contributed by atoms with E-state index < -0.39 is 0 Å². The van der Waals surface area contributed by atoms with Crippen LogP contribution in [0.25, 0.3) is 0 Å². The van der Waals surface area contributed by atoms with E-state index in [1.165, 1.54) is 0 Å². The molecule has 0 fully saturated rings. The number of halogens is 1. The standard InChI is InChI=1S/C6H5NO.ClH/c8-5-6-3-1-2-4-7-6;/h1-4,7H;1H. The van der Waals surface area contributed by atoms with Crippen molar-refractivity contribution in [1.29, 1.82) is 0 Å². The van der Waals surface area contributed by atoms with E-state index in [9.17, 15) is 4.79 Å². The van der Waals surface area contributed by atoms with Gasteiger partial charge in [-0.05, 0) is 12.2 Å². The maximum Gasteiger partial charge on any atom is 0.150 e. The van der Waals surface area contributed by atoms with E-state index in [2.05, 4.69) is 5.32 Å². The van der Waals surface area contributed by atoms with Crippen molar-refractivity contribution in [3.63, 3.8) is 0 Å². The lowest BCUT2D eigenvalue weighted by molar-refractivity contribution is 0.566. The number of hydrogen-bond acceptors (Lipinski definition) is 2.